The summed E-state index contributed by atoms with van der Waals surface area (Å²) in [6.45, 7) is 0. The molecular weight excluding hydrogens is 292 g/mol. The summed E-state index contributed by atoms with van der Waals surface area (Å²) in [5.74, 6) is -0.0170. The lowest BCUT2D eigenvalue weighted by atomic mass is 10.3. The molecule has 0 amide bonds. The second-order valence-electron chi connectivity index (χ2n) is 4.12. The van der Waals surface area contributed by atoms with Crippen molar-refractivity contribution in [2.24, 2.45) is 4.99 Å². The van der Waals surface area contributed by atoms with Gasteiger partial charge in [0.1, 0.15) is 5.69 Å². The first-order valence-corrected chi connectivity index (χ1v) is 8.33. The average Bonchev–Trinajstić information content (AvgIpc) is 2.79. The Kier molecular flexibility index (Phi) is 2.97. The molecule has 18 heavy (non-hydrogen) atoms. The Balaban J connectivity index is 1.80. The van der Waals surface area contributed by atoms with Crippen molar-refractivity contribution in [2.45, 2.75) is 0 Å². The zero-order chi connectivity index (χ0) is 12.8. The zero-order valence-corrected chi connectivity index (χ0v) is 11.6. The standard InChI is InChI=1S/C11H9ClN2O2S2/c12-7-5-18(15,16)6-10(7)17-11-13-8-3-1-2-4-9(8)14-11/h1-4H,5-6H2,(H,13,14)/p+1. The maximum absolute atomic E-state index is 11.5. The van der Waals surface area contributed by atoms with Crippen LogP contribution in [0.25, 0.3) is 0 Å². The highest BCUT2D eigenvalue weighted by molar-refractivity contribution is 8.17. The number of para-hydroxylation sites is 2. The largest absolute Gasteiger partial charge is 0.270 e. The molecule has 0 aromatic heterocycles. The first-order valence-electron chi connectivity index (χ1n) is 5.32. The molecule has 1 aromatic carbocycles. The number of sulfone groups is 1. The Hall–Kier alpha value is -0.820. The van der Waals surface area contributed by atoms with Gasteiger partial charge in [-0.15, -0.1) is 0 Å². The van der Waals surface area contributed by atoms with Crippen LogP contribution < -0.4 is 5.32 Å². The first-order chi connectivity index (χ1) is 8.53. The normalized spacial score (nSPS) is 21.1. The van der Waals surface area contributed by atoms with Gasteiger partial charge in [-0.3, -0.25) is 5.32 Å². The van der Waals surface area contributed by atoms with E-state index in [0.29, 0.717) is 9.94 Å². The quantitative estimate of drug-likeness (QED) is 0.800. The van der Waals surface area contributed by atoms with Gasteiger partial charge in [0.2, 0.25) is 0 Å². The number of nitrogens with zero attached hydrogens (tertiary/aromatic N) is 1. The lowest BCUT2D eigenvalue weighted by Crippen LogP contribution is -2.79. The van der Waals surface area contributed by atoms with E-state index in [2.05, 4.69) is 4.99 Å². The third-order valence-corrected chi connectivity index (χ3v) is 6.00. The van der Waals surface area contributed by atoms with Crippen LogP contribution in [0.15, 0.2) is 39.2 Å². The fourth-order valence-electron chi connectivity index (χ4n) is 1.86. The summed E-state index contributed by atoms with van der Waals surface area (Å²) < 4.78 is 22.9. The van der Waals surface area contributed by atoms with Crippen LogP contribution in [-0.4, -0.2) is 25.1 Å². The molecule has 2 aliphatic heterocycles. The van der Waals surface area contributed by atoms with E-state index in [4.69, 9.17) is 11.6 Å². The number of aliphatic imine (C=N–C) groups is 1. The highest BCUT2D eigenvalue weighted by Crippen LogP contribution is 2.34. The van der Waals surface area contributed by atoms with Crippen molar-refractivity contribution in [2.75, 3.05) is 11.5 Å². The van der Waals surface area contributed by atoms with Gasteiger partial charge in [0.25, 0.3) is 5.17 Å². The molecule has 1 aromatic rings. The van der Waals surface area contributed by atoms with Crippen molar-refractivity contribution in [3.05, 3.63) is 34.2 Å². The van der Waals surface area contributed by atoms with E-state index in [1.54, 1.807) is 0 Å². The summed E-state index contributed by atoms with van der Waals surface area (Å²) >= 11 is 7.31. The highest BCUT2D eigenvalue weighted by Gasteiger charge is 2.30. The van der Waals surface area contributed by atoms with Crippen LogP contribution in [0.4, 0.5) is 11.4 Å². The van der Waals surface area contributed by atoms with Gasteiger partial charge < -0.3 is 0 Å². The van der Waals surface area contributed by atoms with Gasteiger partial charge >= 0.3 is 0 Å². The molecule has 0 bridgehead atoms. The first kappa shape index (κ1) is 12.2. The van der Waals surface area contributed by atoms with Crippen molar-refractivity contribution in [3.63, 3.8) is 0 Å². The fourth-order valence-corrected chi connectivity index (χ4v) is 5.49. The lowest BCUT2D eigenvalue weighted by molar-refractivity contribution is -0.432. The molecule has 0 saturated heterocycles. The van der Waals surface area contributed by atoms with Gasteiger partial charge in [-0.05, 0) is 17.8 Å². The number of fused-ring (bicyclic) bond motifs is 1. The van der Waals surface area contributed by atoms with E-state index in [9.17, 15) is 8.42 Å². The minimum atomic E-state index is -3.05. The number of benzene rings is 1. The predicted octanol–water partition coefficient (Wildman–Crippen LogP) is 1.49. The SMILES string of the molecule is O=S1(=O)CC(Cl)=C(SC2=Nc3ccccc3[NH2+]2)C1. The Morgan fingerprint density at radius 2 is 2.06 bits per heavy atom. The molecule has 3 rings (SSSR count). The van der Waals surface area contributed by atoms with Gasteiger partial charge in [-0.25, -0.2) is 8.42 Å². The van der Waals surface area contributed by atoms with Crippen molar-refractivity contribution < 1.29 is 13.7 Å². The van der Waals surface area contributed by atoms with E-state index in [1.807, 2.05) is 29.6 Å². The van der Waals surface area contributed by atoms with Crippen LogP contribution in [0.2, 0.25) is 0 Å². The summed E-state index contributed by atoms with van der Waals surface area (Å²) in [4.78, 5) is 5.13. The second-order valence-corrected chi connectivity index (χ2v) is 7.75. The minimum absolute atomic E-state index is 0.0275. The maximum atomic E-state index is 11.5. The van der Waals surface area contributed by atoms with E-state index < -0.39 is 9.84 Å². The molecule has 7 heteroatoms. The maximum Gasteiger partial charge on any atom is 0.270 e. The van der Waals surface area contributed by atoms with Crippen molar-refractivity contribution in [3.8, 4) is 0 Å². The Morgan fingerprint density at radius 3 is 2.72 bits per heavy atom. The summed E-state index contributed by atoms with van der Waals surface area (Å²) in [5.41, 5.74) is 1.97. The van der Waals surface area contributed by atoms with Crippen LogP contribution in [0.1, 0.15) is 0 Å². The van der Waals surface area contributed by atoms with Gasteiger partial charge in [0.05, 0.1) is 11.5 Å². The molecule has 0 unspecified atom stereocenters. The highest BCUT2D eigenvalue weighted by atomic mass is 35.5. The van der Waals surface area contributed by atoms with E-state index in [1.165, 1.54) is 11.8 Å². The number of hydrogen-bond acceptors (Lipinski definition) is 4. The molecule has 4 nitrogen and oxygen atoms in total. The van der Waals surface area contributed by atoms with E-state index >= 15 is 0 Å². The number of quaternary nitrogens is 1. The van der Waals surface area contributed by atoms with Crippen molar-refractivity contribution in [1.29, 1.82) is 0 Å². The molecule has 94 valence electrons. The minimum Gasteiger partial charge on any atom is -0.257 e. The molecule has 2 heterocycles. The molecule has 0 atom stereocenters. The monoisotopic (exact) mass is 301 g/mol. The molecule has 0 fully saturated rings. The van der Waals surface area contributed by atoms with Crippen LogP contribution in [0.3, 0.4) is 0 Å². The molecule has 2 aliphatic rings. The number of rotatable bonds is 1. The van der Waals surface area contributed by atoms with Crippen LogP contribution in [0.5, 0.6) is 0 Å². The Morgan fingerprint density at radius 1 is 1.28 bits per heavy atom. The number of amidine groups is 1. The molecule has 0 spiro atoms. The smallest absolute Gasteiger partial charge is 0.257 e. The second kappa shape index (κ2) is 4.38. The third kappa shape index (κ3) is 2.33. The average molecular weight is 302 g/mol. The van der Waals surface area contributed by atoms with Crippen molar-refractivity contribution >= 4 is 49.7 Å². The lowest BCUT2D eigenvalue weighted by Gasteiger charge is -1.98. The molecule has 0 aliphatic carbocycles. The van der Waals surface area contributed by atoms with Gasteiger partial charge in [-0.2, -0.15) is 4.99 Å². The molecule has 0 saturated carbocycles. The Bertz CT molecular complexity index is 680. The molecule has 0 radical (unpaired) electrons. The fraction of sp³-hybridized carbons (Fsp3) is 0.182. The van der Waals surface area contributed by atoms with E-state index in [0.717, 1.165) is 16.5 Å². The Labute approximate surface area is 114 Å². The number of nitrogens with two attached hydrogens (primary N) is 1. The van der Waals surface area contributed by atoms with Gasteiger partial charge in [0.15, 0.2) is 15.5 Å². The van der Waals surface area contributed by atoms with E-state index in [-0.39, 0.29) is 11.5 Å². The summed E-state index contributed by atoms with van der Waals surface area (Å²) in [6, 6.07) is 7.79. The third-order valence-electron chi connectivity index (χ3n) is 2.67. The summed E-state index contributed by atoms with van der Waals surface area (Å²) in [7, 11) is -3.05. The summed E-state index contributed by atoms with van der Waals surface area (Å²) in [5, 5.41) is 3.16. The van der Waals surface area contributed by atoms with Crippen LogP contribution >= 0.6 is 23.4 Å². The van der Waals surface area contributed by atoms with Crippen LogP contribution in [-0.2, 0) is 9.84 Å². The van der Waals surface area contributed by atoms with Crippen molar-refractivity contribution in [1.82, 2.24) is 0 Å². The number of hydrogen-bond donors (Lipinski definition) is 1. The van der Waals surface area contributed by atoms with Crippen LogP contribution in [0, 0.1) is 0 Å². The molecule has 2 N–H and O–H groups in total. The summed E-state index contributed by atoms with van der Waals surface area (Å²) in [6.07, 6.45) is 0. The number of thioether (sulfide) groups is 1. The molecular formula is C11H10ClN2O2S2+. The number of halogens is 1. The topological polar surface area (TPSA) is 63.1 Å². The van der Waals surface area contributed by atoms with Gasteiger partial charge in [-0.1, -0.05) is 23.7 Å². The van der Waals surface area contributed by atoms with Gasteiger partial charge in [0, 0.05) is 16.0 Å². The zero-order valence-electron chi connectivity index (χ0n) is 9.26. The predicted molar refractivity (Wildman–Crippen MR) is 74.2 cm³/mol.